The van der Waals surface area contributed by atoms with Crippen molar-refractivity contribution in [1.82, 2.24) is 4.90 Å². The van der Waals surface area contributed by atoms with Crippen LogP contribution in [-0.4, -0.2) is 49.8 Å². The topological polar surface area (TPSA) is 74.7 Å². The summed E-state index contributed by atoms with van der Waals surface area (Å²) in [5.41, 5.74) is -0.275. The third-order valence-electron chi connectivity index (χ3n) is 3.16. The first-order chi connectivity index (χ1) is 9.72. The van der Waals surface area contributed by atoms with E-state index < -0.39 is 15.8 Å². The van der Waals surface area contributed by atoms with E-state index in [0.717, 1.165) is 25.2 Å². The highest BCUT2D eigenvalue weighted by atomic mass is 35.5. The first-order valence-corrected chi connectivity index (χ1v) is 8.81. The number of hydrogen-bond donors (Lipinski definition) is 1. The molecule has 8 heteroatoms. The van der Waals surface area contributed by atoms with E-state index in [-0.39, 0.29) is 26.3 Å². The molecule has 1 aromatic carbocycles. The Hall–Kier alpha value is -0.820. The number of hydrogen-bond acceptors (Lipinski definition) is 4. The smallest absolute Gasteiger partial charge is 0.337 e. The van der Waals surface area contributed by atoms with Crippen LogP contribution in [0.4, 0.5) is 0 Å². The van der Waals surface area contributed by atoms with Gasteiger partial charge in [0.15, 0.2) is 9.84 Å². The molecule has 21 heavy (non-hydrogen) atoms. The zero-order chi connectivity index (χ0) is 16.2. The fourth-order valence-corrected chi connectivity index (χ4v) is 4.02. The molecule has 0 aliphatic carbocycles. The van der Waals surface area contributed by atoms with E-state index in [9.17, 15) is 13.2 Å². The summed E-state index contributed by atoms with van der Waals surface area (Å²) in [4.78, 5) is 12.8. The molecule has 0 atom stereocenters. The van der Waals surface area contributed by atoms with E-state index in [1.807, 2.05) is 18.7 Å². The van der Waals surface area contributed by atoms with Crippen LogP contribution in [-0.2, 0) is 9.84 Å². The van der Waals surface area contributed by atoms with E-state index in [4.69, 9.17) is 28.3 Å². The van der Waals surface area contributed by atoms with Gasteiger partial charge in [0.2, 0.25) is 0 Å². The highest BCUT2D eigenvalue weighted by Gasteiger charge is 2.23. The summed E-state index contributed by atoms with van der Waals surface area (Å²) >= 11 is 11.7. The molecule has 0 amide bonds. The minimum Gasteiger partial charge on any atom is -0.478 e. The van der Waals surface area contributed by atoms with Crippen LogP contribution in [0, 0.1) is 0 Å². The number of rotatable bonds is 7. The Morgan fingerprint density at radius 3 is 2.24 bits per heavy atom. The largest absolute Gasteiger partial charge is 0.478 e. The van der Waals surface area contributed by atoms with Crippen molar-refractivity contribution in [3.8, 4) is 0 Å². The Morgan fingerprint density at radius 1 is 1.19 bits per heavy atom. The standard InChI is InChI=1S/C13H17Cl2NO4S/c1-3-16(4-2)5-6-21(19,20)12-7-9(13(17)18)10(14)8-11(12)15/h7-8H,3-6H2,1-2H3,(H,17,18). The molecule has 0 aromatic heterocycles. The van der Waals surface area contributed by atoms with Crippen LogP contribution in [0.15, 0.2) is 17.0 Å². The van der Waals surface area contributed by atoms with Gasteiger partial charge >= 0.3 is 5.97 Å². The summed E-state index contributed by atoms with van der Waals surface area (Å²) in [5, 5.41) is 8.86. The Labute approximate surface area is 134 Å². The zero-order valence-corrected chi connectivity index (χ0v) is 14.1. The zero-order valence-electron chi connectivity index (χ0n) is 11.8. The van der Waals surface area contributed by atoms with Crippen molar-refractivity contribution in [1.29, 1.82) is 0 Å². The molecule has 1 N–H and O–H groups in total. The monoisotopic (exact) mass is 353 g/mol. The first kappa shape index (κ1) is 18.2. The van der Waals surface area contributed by atoms with Crippen LogP contribution in [0.3, 0.4) is 0 Å². The average Bonchev–Trinajstić information content (AvgIpc) is 2.38. The molecule has 0 fully saturated rings. The number of carboxylic acid groups (broad SMARTS) is 1. The molecule has 5 nitrogen and oxygen atoms in total. The maximum Gasteiger partial charge on any atom is 0.337 e. The number of carbonyl (C=O) groups is 1. The van der Waals surface area contributed by atoms with E-state index in [1.165, 1.54) is 0 Å². The van der Waals surface area contributed by atoms with Crippen molar-refractivity contribution >= 4 is 39.0 Å². The molecule has 0 spiro atoms. The molecular weight excluding hydrogens is 337 g/mol. The van der Waals surface area contributed by atoms with Gasteiger partial charge in [0.25, 0.3) is 0 Å². The van der Waals surface area contributed by atoms with Crippen LogP contribution in [0.5, 0.6) is 0 Å². The minimum atomic E-state index is -3.67. The normalized spacial score (nSPS) is 11.9. The van der Waals surface area contributed by atoms with Crippen LogP contribution in [0.2, 0.25) is 10.0 Å². The van der Waals surface area contributed by atoms with Crippen LogP contribution in [0.1, 0.15) is 24.2 Å². The lowest BCUT2D eigenvalue weighted by molar-refractivity contribution is 0.0697. The van der Waals surface area contributed by atoms with E-state index in [1.54, 1.807) is 0 Å². The van der Waals surface area contributed by atoms with Crippen molar-refractivity contribution in [2.45, 2.75) is 18.7 Å². The second kappa shape index (κ2) is 7.45. The molecule has 0 unspecified atom stereocenters. The third kappa shape index (κ3) is 4.57. The van der Waals surface area contributed by atoms with E-state index in [0.29, 0.717) is 6.54 Å². The summed E-state index contributed by atoms with van der Waals surface area (Å²) in [7, 11) is -3.67. The van der Waals surface area contributed by atoms with Gasteiger partial charge in [0.1, 0.15) is 0 Å². The fourth-order valence-electron chi connectivity index (χ4n) is 1.83. The maximum absolute atomic E-state index is 12.3. The van der Waals surface area contributed by atoms with Crippen LogP contribution < -0.4 is 0 Å². The summed E-state index contributed by atoms with van der Waals surface area (Å²) in [5.74, 6) is -1.42. The lowest BCUT2D eigenvalue weighted by Gasteiger charge is -2.18. The summed E-state index contributed by atoms with van der Waals surface area (Å²) in [6, 6.07) is 2.17. The molecule has 1 aromatic rings. The summed E-state index contributed by atoms with van der Waals surface area (Å²) < 4.78 is 24.7. The Balaban J connectivity index is 3.13. The molecule has 0 aliphatic heterocycles. The highest BCUT2D eigenvalue weighted by Crippen LogP contribution is 2.29. The quantitative estimate of drug-likeness (QED) is 0.815. The van der Waals surface area contributed by atoms with Crippen LogP contribution in [0.25, 0.3) is 0 Å². The second-order valence-corrected chi connectivity index (χ2v) is 7.31. The SMILES string of the molecule is CCN(CC)CCS(=O)(=O)c1cc(C(=O)O)c(Cl)cc1Cl. The van der Waals surface area contributed by atoms with Gasteiger partial charge in [-0.05, 0) is 25.2 Å². The molecule has 118 valence electrons. The number of halogens is 2. The predicted octanol–water partition coefficient (Wildman–Crippen LogP) is 2.81. The number of aromatic carboxylic acids is 1. The van der Waals surface area contributed by atoms with Gasteiger partial charge in [0.05, 0.1) is 26.3 Å². The Morgan fingerprint density at radius 2 is 1.76 bits per heavy atom. The van der Waals surface area contributed by atoms with Gasteiger partial charge in [-0.15, -0.1) is 0 Å². The van der Waals surface area contributed by atoms with Crippen molar-refractivity contribution < 1.29 is 18.3 Å². The van der Waals surface area contributed by atoms with E-state index >= 15 is 0 Å². The Bertz CT molecular complexity index is 627. The average molecular weight is 354 g/mol. The van der Waals surface area contributed by atoms with E-state index in [2.05, 4.69) is 0 Å². The second-order valence-electron chi connectivity index (χ2n) is 4.41. The molecule has 0 bridgehead atoms. The summed E-state index contributed by atoms with van der Waals surface area (Å²) in [6.07, 6.45) is 0. The molecule has 0 saturated heterocycles. The first-order valence-electron chi connectivity index (χ1n) is 6.40. The molecular formula is C13H17Cl2NO4S. The van der Waals surface area contributed by atoms with Crippen molar-refractivity contribution in [2.24, 2.45) is 0 Å². The molecule has 0 saturated carbocycles. The number of nitrogens with zero attached hydrogens (tertiary/aromatic N) is 1. The van der Waals surface area contributed by atoms with Gasteiger partial charge in [-0.3, -0.25) is 0 Å². The number of carboxylic acids is 1. The van der Waals surface area contributed by atoms with Crippen molar-refractivity contribution in [3.05, 3.63) is 27.7 Å². The van der Waals surface area contributed by atoms with Gasteiger partial charge in [0, 0.05) is 6.54 Å². The van der Waals surface area contributed by atoms with Crippen molar-refractivity contribution in [3.63, 3.8) is 0 Å². The lowest BCUT2D eigenvalue weighted by atomic mass is 10.2. The number of sulfone groups is 1. The van der Waals surface area contributed by atoms with Gasteiger partial charge in [-0.2, -0.15) is 0 Å². The predicted molar refractivity (Wildman–Crippen MR) is 83.3 cm³/mol. The highest BCUT2D eigenvalue weighted by molar-refractivity contribution is 7.91. The minimum absolute atomic E-state index is 0.0652. The maximum atomic E-state index is 12.3. The van der Waals surface area contributed by atoms with Gasteiger partial charge in [-0.1, -0.05) is 37.0 Å². The van der Waals surface area contributed by atoms with Gasteiger partial charge in [-0.25, -0.2) is 13.2 Å². The molecule has 0 aliphatic rings. The molecule has 0 radical (unpaired) electrons. The molecule has 1 rings (SSSR count). The fraction of sp³-hybridized carbons (Fsp3) is 0.462. The van der Waals surface area contributed by atoms with Gasteiger partial charge < -0.3 is 10.0 Å². The Kier molecular flexibility index (Phi) is 6.46. The lowest BCUT2D eigenvalue weighted by Crippen LogP contribution is -2.29. The summed E-state index contributed by atoms with van der Waals surface area (Å²) in [6.45, 7) is 5.71. The van der Waals surface area contributed by atoms with Crippen molar-refractivity contribution in [2.75, 3.05) is 25.4 Å². The third-order valence-corrected chi connectivity index (χ3v) is 5.62. The molecule has 0 heterocycles. The number of benzene rings is 1. The van der Waals surface area contributed by atoms with Crippen LogP contribution >= 0.6 is 23.2 Å².